The Balaban J connectivity index is 0.000000234. The fourth-order valence-corrected chi connectivity index (χ4v) is 9.18. The normalized spacial score (nSPS) is 16.1. The lowest BCUT2D eigenvalue weighted by Gasteiger charge is -2.30. The van der Waals surface area contributed by atoms with Crippen molar-refractivity contribution in [3.63, 3.8) is 0 Å². The Morgan fingerprint density at radius 3 is 2.21 bits per heavy atom. The summed E-state index contributed by atoms with van der Waals surface area (Å²) < 4.78 is 2.69. The molecule has 252 valence electrons. The van der Waals surface area contributed by atoms with Crippen molar-refractivity contribution in [2.45, 2.75) is 39.7 Å². The van der Waals surface area contributed by atoms with E-state index in [0.717, 1.165) is 12.1 Å². The van der Waals surface area contributed by atoms with Gasteiger partial charge in [0, 0.05) is 48.9 Å². The number of hydrogen-bond acceptors (Lipinski definition) is 3. The van der Waals surface area contributed by atoms with Crippen LogP contribution in [-0.4, -0.2) is 10.5 Å². The first kappa shape index (κ1) is 32.2. The lowest BCUT2D eigenvalue weighted by Crippen LogP contribution is -2.32. The van der Waals surface area contributed by atoms with Crippen molar-refractivity contribution in [3.8, 4) is 22.3 Å². The Hall–Kier alpha value is -5.77. The minimum absolute atomic E-state index is 0.0868. The molecule has 3 heterocycles. The van der Waals surface area contributed by atoms with E-state index in [1.54, 1.807) is 0 Å². The van der Waals surface area contributed by atoms with Gasteiger partial charge in [0.15, 0.2) is 0 Å². The lowest BCUT2D eigenvalue weighted by atomic mass is 9.80. The highest BCUT2D eigenvalue weighted by molar-refractivity contribution is 7.25. The second-order valence-electron chi connectivity index (χ2n) is 14.5. The molecule has 0 saturated heterocycles. The van der Waals surface area contributed by atoms with Crippen molar-refractivity contribution in [2.75, 3.05) is 5.32 Å². The summed E-state index contributed by atoms with van der Waals surface area (Å²) in [5, 5.41) is 9.14. The van der Waals surface area contributed by atoms with Gasteiger partial charge in [0.25, 0.3) is 0 Å². The van der Waals surface area contributed by atoms with Crippen LogP contribution in [0.25, 0.3) is 64.3 Å². The molecule has 1 atom stereocenters. The predicted octanol–water partition coefficient (Wildman–Crippen LogP) is 13.6. The minimum atomic E-state index is -0.0868. The molecule has 2 nitrogen and oxygen atoms in total. The summed E-state index contributed by atoms with van der Waals surface area (Å²) in [6.07, 6.45) is 7.65. The van der Waals surface area contributed by atoms with E-state index in [0.29, 0.717) is 0 Å². The number of rotatable bonds is 3. The van der Waals surface area contributed by atoms with Crippen molar-refractivity contribution in [1.29, 1.82) is 0 Å². The molecule has 1 unspecified atom stereocenters. The van der Waals surface area contributed by atoms with Crippen LogP contribution in [0.3, 0.4) is 0 Å². The number of hydrogen-bond donors (Lipinski definition) is 1. The molecule has 0 bridgehead atoms. The van der Waals surface area contributed by atoms with E-state index in [9.17, 15) is 0 Å². The molecule has 0 saturated carbocycles. The first-order chi connectivity index (χ1) is 25.3. The van der Waals surface area contributed by atoms with Gasteiger partial charge in [0.2, 0.25) is 0 Å². The van der Waals surface area contributed by atoms with E-state index >= 15 is 0 Å². The van der Waals surface area contributed by atoms with Gasteiger partial charge in [0.05, 0.1) is 5.54 Å². The molecule has 0 amide bonds. The van der Waals surface area contributed by atoms with Crippen molar-refractivity contribution >= 4 is 59.1 Å². The topological polar surface area (TPSA) is 24.9 Å². The predicted molar refractivity (Wildman–Crippen MR) is 225 cm³/mol. The molecule has 0 spiro atoms. The zero-order valence-electron chi connectivity index (χ0n) is 30.0. The third kappa shape index (κ3) is 5.72. The van der Waals surface area contributed by atoms with Crippen LogP contribution in [0.15, 0.2) is 152 Å². The van der Waals surface area contributed by atoms with E-state index in [4.69, 9.17) is 0 Å². The SMILES string of the molecule is Cc1cc2sc3cc4c(cc3c2cc1-c1cccnc1C)NC1(C)CC=C(c2ccc3ccccc3c2)C=C41.Cc1cccc(-c2ccccc2)c1. The van der Waals surface area contributed by atoms with Crippen LogP contribution in [0, 0.1) is 20.8 Å². The second-order valence-corrected chi connectivity index (χ2v) is 15.6. The molecule has 6 aromatic carbocycles. The van der Waals surface area contributed by atoms with Crippen LogP contribution in [0.4, 0.5) is 5.69 Å². The molecular formula is C49H40N2S. The molecule has 1 aliphatic carbocycles. The highest BCUT2D eigenvalue weighted by Crippen LogP contribution is 2.51. The van der Waals surface area contributed by atoms with Crippen LogP contribution in [0.5, 0.6) is 0 Å². The van der Waals surface area contributed by atoms with E-state index in [1.807, 2.05) is 29.7 Å². The third-order valence-electron chi connectivity index (χ3n) is 10.8. The van der Waals surface area contributed by atoms with E-state index < -0.39 is 0 Å². The number of benzene rings is 6. The smallest absolute Gasteiger partial charge is 0.0638 e. The van der Waals surface area contributed by atoms with Crippen molar-refractivity contribution < 1.29 is 0 Å². The molecule has 8 aromatic rings. The Kier molecular flexibility index (Phi) is 7.90. The van der Waals surface area contributed by atoms with Gasteiger partial charge >= 0.3 is 0 Å². The fourth-order valence-electron chi connectivity index (χ4n) is 7.97. The van der Waals surface area contributed by atoms with Gasteiger partial charge in [-0.1, -0.05) is 109 Å². The first-order valence-corrected chi connectivity index (χ1v) is 18.9. The summed E-state index contributed by atoms with van der Waals surface area (Å²) in [4.78, 5) is 4.55. The van der Waals surface area contributed by atoms with Gasteiger partial charge in [-0.3, -0.25) is 4.98 Å². The lowest BCUT2D eigenvalue weighted by molar-refractivity contribution is 0.679. The Morgan fingerprint density at radius 1 is 0.615 bits per heavy atom. The number of nitrogens with zero attached hydrogens (tertiary/aromatic N) is 1. The maximum absolute atomic E-state index is 4.55. The van der Waals surface area contributed by atoms with Crippen molar-refractivity contribution in [3.05, 3.63) is 180 Å². The number of anilines is 1. The number of aromatic nitrogens is 1. The van der Waals surface area contributed by atoms with Gasteiger partial charge in [-0.25, -0.2) is 0 Å². The summed E-state index contributed by atoms with van der Waals surface area (Å²) in [5.41, 5.74) is 15.2. The number of pyridine rings is 1. The highest BCUT2D eigenvalue weighted by Gasteiger charge is 2.39. The summed E-state index contributed by atoms with van der Waals surface area (Å²) in [6.45, 7) is 8.77. The van der Waals surface area contributed by atoms with Crippen LogP contribution in [0.1, 0.15) is 41.3 Å². The van der Waals surface area contributed by atoms with E-state index in [1.165, 1.54) is 92.3 Å². The van der Waals surface area contributed by atoms with Gasteiger partial charge in [-0.2, -0.15) is 0 Å². The monoisotopic (exact) mass is 688 g/mol. The fraction of sp³-hybridized carbons (Fsp3) is 0.122. The van der Waals surface area contributed by atoms with Gasteiger partial charge < -0.3 is 5.32 Å². The summed E-state index contributed by atoms with van der Waals surface area (Å²) in [7, 11) is 0. The van der Waals surface area contributed by atoms with Gasteiger partial charge in [-0.05, 0) is 126 Å². The Morgan fingerprint density at radius 2 is 1.38 bits per heavy atom. The first-order valence-electron chi connectivity index (χ1n) is 18.1. The third-order valence-corrected chi connectivity index (χ3v) is 11.9. The molecule has 3 heteroatoms. The molecule has 2 aromatic heterocycles. The second kappa shape index (κ2) is 12.8. The molecule has 0 radical (unpaired) electrons. The van der Waals surface area contributed by atoms with Gasteiger partial charge in [0.1, 0.15) is 0 Å². The highest BCUT2D eigenvalue weighted by atomic mass is 32.1. The number of allylic oxidation sites excluding steroid dienone is 2. The molecule has 1 aliphatic heterocycles. The van der Waals surface area contributed by atoms with Crippen molar-refractivity contribution in [1.82, 2.24) is 4.98 Å². The Bertz CT molecular complexity index is 2730. The van der Waals surface area contributed by atoms with E-state index in [-0.39, 0.29) is 5.54 Å². The van der Waals surface area contributed by atoms with Crippen LogP contribution < -0.4 is 5.32 Å². The number of nitrogens with one attached hydrogen (secondary N) is 1. The standard InChI is InChI=1S/C36H28N2S.C13H12/c1-21-15-34-29(18-28(21)27-9-6-14-37-22(27)2)30-19-33-31(20-35(30)39-34)32-17-26(12-13-36(32,3)38-33)25-11-10-23-7-4-5-8-24(23)16-25;1-11-6-5-9-13(10-11)12-7-3-2-4-8-12/h4-12,14-20,38H,13H2,1-3H3;2-10H,1H3. The molecular weight excluding hydrogens is 649 g/mol. The zero-order valence-corrected chi connectivity index (χ0v) is 30.8. The van der Waals surface area contributed by atoms with Crippen LogP contribution >= 0.6 is 11.3 Å². The zero-order chi connectivity index (χ0) is 35.4. The van der Waals surface area contributed by atoms with Crippen LogP contribution in [0.2, 0.25) is 0 Å². The van der Waals surface area contributed by atoms with Gasteiger partial charge in [-0.15, -0.1) is 11.3 Å². The molecule has 1 N–H and O–H groups in total. The number of aryl methyl sites for hydroxylation is 3. The number of thiophene rings is 1. The average molecular weight is 689 g/mol. The summed E-state index contributed by atoms with van der Waals surface area (Å²) in [5.74, 6) is 0. The average Bonchev–Trinajstić information content (AvgIpc) is 3.66. The maximum atomic E-state index is 4.55. The van der Waals surface area contributed by atoms with Crippen molar-refractivity contribution in [2.24, 2.45) is 0 Å². The molecule has 0 fully saturated rings. The largest absolute Gasteiger partial charge is 0.375 e. The quantitative estimate of drug-likeness (QED) is 0.200. The summed E-state index contributed by atoms with van der Waals surface area (Å²) >= 11 is 1.90. The van der Waals surface area contributed by atoms with E-state index in [2.05, 4.69) is 171 Å². The summed E-state index contributed by atoms with van der Waals surface area (Å²) in [6, 6.07) is 48.2. The maximum Gasteiger partial charge on any atom is 0.0638 e. The molecule has 10 rings (SSSR count). The minimum Gasteiger partial charge on any atom is -0.375 e. The molecule has 2 aliphatic rings. The number of fused-ring (bicyclic) bond motifs is 7. The Labute approximate surface area is 309 Å². The molecule has 52 heavy (non-hydrogen) atoms. The van der Waals surface area contributed by atoms with Crippen LogP contribution in [-0.2, 0) is 0 Å².